The second-order valence-electron chi connectivity index (χ2n) is 15.1. The van der Waals surface area contributed by atoms with Gasteiger partial charge in [0.1, 0.15) is 29.0 Å². The van der Waals surface area contributed by atoms with E-state index in [1.165, 1.54) is 17.2 Å². The number of ether oxygens (including phenoxy) is 1. The first-order chi connectivity index (χ1) is 28.0. The number of fused-ring (bicyclic) bond motifs is 1. The number of piperidine rings is 2. The lowest BCUT2D eigenvalue weighted by Crippen LogP contribution is -2.49. The summed E-state index contributed by atoms with van der Waals surface area (Å²) in [6, 6.07) is 15.5. The molecule has 3 fully saturated rings. The zero-order valence-electron chi connectivity index (χ0n) is 32.3. The highest BCUT2D eigenvalue weighted by atomic mass is 35.5. The van der Waals surface area contributed by atoms with Crippen LogP contribution in [0, 0.1) is 11.7 Å². The highest BCUT2D eigenvalue weighted by molar-refractivity contribution is 6.40. The van der Waals surface area contributed by atoms with Crippen LogP contribution in [0.2, 0.25) is 10.0 Å². The standard InChI is InChI=1S/C41H45Cl2FN10O4/c1-50-24-54(37-29(42)4-3-5-30(37)43)40(57)28-22-45-41(49-38(28)50)47-27-7-10-34(35(21-27)58-2)53-18-16-51(17-19-53)23-25-12-14-52(15-13-25)33-9-6-26(20-31(33)44)46-32-8-11-36(55)48-39(32)56/h3-7,9-10,20-22,25,32,46H,8,11-19,23-24H2,1-2H3,(H,45,47,49)(H,48,55,56). The van der Waals surface area contributed by atoms with Crippen molar-refractivity contribution in [2.45, 2.75) is 31.7 Å². The number of hydrogen-bond acceptors (Lipinski definition) is 12. The summed E-state index contributed by atoms with van der Waals surface area (Å²) in [7, 11) is 3.51. The zero-order valence-corrected chi connectivity index (χ0v) is 33.8. The second-order valence-corrected chi connectivity index (χ2v) is 15.9. The summed E-state index contributed by atoms with van der Waals surface area (Å²) in [4.78, 5) is 56.5. The quantitative estimate of drug-likeness (QED) is 0.162. The van der Waals surface area contributed by atoms with E-state index in [4.69, 9.17) is 27.9 Å². The van der Waals surface area contributed by atoms with Crippen molar-refractivity contribution in [2.24, 2.45) is 5.92 Å². The lowest BCUT2D eigenvalue weighted by atomic mass is 9.95. The summed E-state index contributed by atoms with van der Waals surface area (Å²) in [6.45, 7) is 6.35. The molecule has 4 aliphatic rings. The maximum absolute atomic E-state index is 15.2. The van der Waals surface area contributed by atoms with Gasteiger partial charge in [0.2, 0.25) is 17.8 Å². The van der Waals surface area contributed by atoms with Crippen LogP contribution in [0.15, 0.2) is 60.8 Å². The van der Waals surface area contributed by atoms with Crippen LogP contribution >= 0.6 is 23.2 Å². The summed E-state index contributed by atoms with van der Waals surface area (Å²) in [5, 5.41) is 9.42. The van der Waals surface area contributed by atoms with E-state index in [-0.39, 0.29) is 36.6 Å². The van der Waals surface area contributed by atoms with Crippen LogP contribution in [-0.2, 0) is 9.59 Å². The molecular weight excluding hydrogens is 786 g/mol. The van der Waals surface area contributed by atoms with Crippen LogP contribution < -0.4 is 40.3 Å². The number of piperazine rings is 1. The van der Waals surface area contributed by atoms with E-state index in [0.29, 0.717) is 56.8 Å². The number of rotatable bonds is 10. The summed E-state index contributed by atoms with van der Waals surface area (Å²) in [5.74, 6) is 0.837. The maximum atomic E-state index is 15.2. The third kappa shape index (κ3) is 8.29. The number of halogens is 3. The van der Waals surface area contributed by atoms with Crippen molar-refractivity contribution >= 4 is 81.1 Å². The van der Waals surface area contributed by atoms with Crippen LogP contribution in [0.1, 0.15) is 36.0 Å². The first-order valence-electron chi connectivity index (χ1n) is 19.5. The number of imide groups is 1. The summed E-state index contributed by atoms with van der Waals surface area (Å²) in [6.07, 6.45) is 4.13. The average Bonchev–Trinajstić information content (AvgIpc) is 3.21. The predicted molar refractivity (Wildman–Crippen MR) is 225 cm³/mol. The Morgan fingerprint density at radius 1 is 0.897 bits per heavy atom. The fraction of sp³-hybridized carbons (Fsp3) is 0.390. The number of hydrogen-bond donors (Lipinski definition) is 3. The molecule has 0 aliphatic carbocycles. The van der Waals surface area contributed by atoms with Crippen LogP contribution in [0.3, 0.4) is 0 Å². The lowest BCUT2D eigenvalue weighted by molar-refractivity contribution is -0.133. The fourth-order valence-corrected chi connectivity index (χ4v) is 8.81. The molecule has 8 rings (SSSR count). The average molecular weight is 832 g/mol. The van der Waals surface area contributed by atoms with Gasteiger partial charge in [-0.1, -0.05) is 29.3 Å². The lowest BCUT2D eigenvalue weighted by Gasteiger charge is -2.40. The number of carbonyl (C=O) groups is 3. The van der Waals surface area contributed by atoms with E-state index in [1.807, 2.05) is 30.1 Å². The molecule has 3 N–H and O–H groups in total. The van der Waals surface area contributed by atoms with Gasteiger partial charge in [-0.2, -0.15) is 4.98 Å². The minimum absolute atomic E-state index is 0.216. The molecule has 3 saturated heterocycles. The molecule has 1 atom stereocenters. The first-order valence-corrected chi connectivity index (χ1v) is 20.2. The second kappa shape index (κ2) is 16.8. The van der Waals surface area contributed by atoms with Crippen LogP contribution in [0.25, 0.3) is 0 Å². The summed E-state index contributed by atoms with van der Waals surface area (Å²) < 4.78 is 21.1. The Balaban J connectivity index is 0.824. The number of nitrogens with one attached hydrogen (secondary N) is 3. The monoisotopic (exact) mass is 830 g/mol. The van der Waals surface area contributed by atoms with Gasteiger partial charge in [0.25, 0.3) is 5.91 Å². The summed E-state index contributed by atoms with van der Waals surface area (Å²) in [5.41, 5.74) is 3.65. The Hall–Kier alpha value is -5.38. The van der Waals surface area contributed by atoms with Gasteiger partial charge in [0.05, 0.1) is 40.9 Å². The zero-order chi connectivity index (χ0) is 40.5. The maximum Gasteiger partial charge on any atom is 0.265 e. The van der Waals surface area contributed by atoms with Gasteiger partial charge in [-0.3, -0.25) is 29.5 Å². The van der Waals surface area contributed by atoms with Crippen LogP contribution in [0.5, 0.6) is 5.75 Å². The number of benzene rings is 3. The van der Waals surface area contributed by atoms with Gasteiger partial charge in [-0.25, -0.2) is 9.37 Å². The van der Waals surface area contributed by atoms with Crippen LogP contribution in [0.4, 0.5) is 44.6 Å². The number of nitrogens with zero attached hydrogens (tertiary/aromatic N) is 7. The molecule has 3 aromatic carbocycles. The Morgan fingerprint density at radius 2 is 1.60 bits per heavy atom. The molecule has 14 nitrogen and oxygen atoms in total. The molecular formula is C41H45Cl2FN10O4. The van der Waals surface area contributed by atoms with E-state index >= 15 is 4.39 Å². The Morgan fingerprint density at radius 3 is 2.31 bits per heavy atom. The highest BCUT2D eigenvalue weighted by Gasteiger charge is 2.33. The van der Waals surface area contributed by atoms with E-state index in [2.05, 4.69) is 40.6 Å². The number of aromatic nitrogens is 2. The van der Waals surface area contributed by atoms with Crippen molar-refractivity contribution in [3.8, 4) is 5.75 Å². The molecule has 5 heterocycles. The molecule has 0 saturated carbocycles. The third-order valence-electron chi connectivity index (χ3n) is 11.3. The van der Waals surface area contributed by atoms with Crippen molar-refractivity contribution in [3.63, 3.8) is 0 Å². The Bertz CT molecular complexity index is 2200. The van der Waals surface area contributed by atoms with E-state index in [0.717, 1.165) is 75.8 Å². The Labute approximate surface area is 346 Å². The van der Waals surface area contributed by atoms with Crippen molar-refractivity contribution < 1.29 is 23.5 Å². The molecule has 4 aromatic rings. The van der Waals surface area contributed by atoms with Gasteiger partial charge in [-0.15, -0.1) is 0 Å². The third-order valence-corrected chi connectivity index (χ3v) is 11.9. The van der Waals surface area contributed by atoms with Gasteiger partial charge >= 0.3 is 0 Å². The molecule has 304 valence electrons. The molecule has 3 amide bonds. The van der Waals surface area contributed by atoms with Crippen molar-refractivity contribution in [1.82, 2.24) is 20.2 Å². The minimum Gasteiger partial charge on any atom is -0.495 e. The largest absolute Gasteiger partial charge is 0.495 e. The number of para-hydroxylation sites is 1. The first kappa shape index (κ1) is 39.4. The van der Waals surface area contributed by atoms with E-state index in [9.17, 15) is 14.4 Å². The minimum atomic E-state index is -0.553. The van der Waals surface area contributed by atoms with Gasteiger partial charge < -0.3 is 30.1 Å². The molecule has 0 spiro atoms. The molecule has 0 bridgehead atoms. The topological polar surface area (TPSA) is 139 Å². The fourth-order valence-electron chi connectivity index (χ4n) is 8.21. The molecule has 1 aromatic heterocycles. The highest BCUT2D eigenvalue weighted by Crippen LogP contribution is 2.38. The van der Waals surface area contributed by atoms with Gasteiger partial charge in [0.15, 0.2) is 0 Å². The molecule has 58 heavy (non-hydrogen) atoms. The smallest absolute Gasteiger partial charge is 0.265 e. The number of amides is 3. The number of carbonyl (C=O) groups excluding carboxylic acids is 3. The van der Waals surface area contributed by atoms with E-state index in [1.54, 1.807) is 37.4 Å². The number of anilines is 7. The molecule has 17 heteroatoms. The van der Waals surface area contributed by atoms with Gasteiger partial charge in [-0.05, 0) is 67.6 Å². The molecule has 0 radical (unpaired) electrons. The van der Waals surface area contributed by atoms with Crippen molar-refractivity contribution in [2.75, 3.05) is 96.9 Å². The van der Waals surface area contributed by atoms with Crippen LogP contribution in [-0.4, -0.2) is 105 Å². The van der Waals surface area contributed by atoms with Crippen molar-refractivity contribution in [3.05, 3.63) is 82.2 Å². The molecule has 4 aliphatic heterocycles. The summed E-state index contributed by atoms with van der Waals surface area (Å²) >= 11 is 12.8. The van der Waals surface area contributed by atoms with E-state index < -0.39 is 6.04 Å². The predicted octanol–water partition coefficient (Wildman–Crippen LogP) is 5.98. The van der Waals surface area contributed by atoms with Crippen molar-refractivity contribution in [1.29, 1.82) is 0 Å². The Kier molecular flexibility index (Phi) is 11.5. The normalized spacial score (nSPS) is 19.3. The molecule has 1 unspecified atom stereocenters. The SMILES string of the molecule is COc1cc(Nc2ncc3c(n2)N(C)CN(c2c(Cl)cccc2Cl)C3=O)ccc1N1CCN(CC2CCN(c3ccc(NC4CCC(=O)NC4=O)cc3F)CC2)CC1. The van der Waals surface area contributed by atoms with Gasteiger partial charge in [0, 0.05) is 82.9 Å². The number of methoxy groups -OCH3 is 1.